The van der Waals surface area contributed by atoms with Gasteiger partial charge in [0, 0.05) is 12.2 Å². The van der Waals surface area contributed by atoms with Crippen molar-refractivity contribution in [3.8, 4) is 0 Å². The highest BCUT2D eigenvalue weighted by molar-refractivity contribution is 7.99. The largest absolute Gasteiger partial charge is 0.325 e. The maximum absolute atomic E-state index is 11.3. The van der Waals surface area contributed by atoms with E-state index >= 15 is 0 Å². The third kappa shape index (κ3) is 5.39. The fourth-order valence-corrected chi connectivity index (χ4v) is 1.63. The molecule has 0 atom stereocenters. The van der Waals surface area contributed by atoms with Crippen LogP contribution >= 0.6 is 24.2 Å². The lowest BCUT2D eigenvalue weighted by Crippen LogP contribution is -2.14. The van der Waals surface area contributed by atoms with Gasteiger partial charge in [-0.25, -0.2) is 0 Å². The summed E-state index contributed by atoms with van der Waals surface area (Å²) in [5.74, 6) is 0.542. The van der Waals surface area contributed by atoms with Crippen molar-refractivity contribution in [2.75, 3.05) is 24.4 Å². The summed E-state index contributed by atoms with van der Waals surface area (Å²) in [6.07, 6.45) is 1.91. The topological polar surface area (TPSA) is 41.1 Å². The lowest BCUT2D eigenvalue weighted by atomic mass is 10.2. The van der Waals surface area contributed by atoms with Crippen LogP contribution in [-0.4, -0.2) is 25.0 Å². The molecule has 1 aromatic carbocycles. The number of nitrogens with one attached hydrogen (secondary N) is 2. The molecule has 0 heterocycles. The van der Waals surface area contributed by atoms with Gasteiger partial charge in [0.05, 0.1) is 5.75 Å². The van der Waals surface area contributed by atoms with Crippen LogP contribution in [0.25, 0.3) is 0 Å². The Morgan fingerprint density at radius 2 is 2.19 bits per heavy atom. The number of benzene rings is 1. The molecular weight excluding hydrogens is 244 g/mol. The van der Waals surface area contributed by atoms with Gasteiger partial charge in [-0.05, 0) is 31.0 Å². The Bertz CT molecular complexity index is 334. The SMILES string of the molecule is CNCc1cccc(NC(=O)CSC)c1.Cl. The molecule has 0 spiro atoms. The van der Waals surface area contributed by atoms with Gasteiger partial charge >= 0.3 is 0 Å². The van der Waals surface area contributed by atoms with Crippen molar-refractivity contribution in [1.82, 2.24) is 5.32 Å². The number of amides is 1. The van der Waals surface area contributed by atoms with E-state index in [1.54, 1.807) is 0 Å². The van der Waals surface area contributed by atoms with E-state index in [0.717, 1.165) is 12.2 Å². The molecule has 0 aliphatic heterocycles. The number of halogens is 1. The molecule has 0 aliphatic carbocycles. The molecule has 0 saturated carbocycles. The summed E-state index contributed by atoms with van der Waals surface area (Å²) in [5, 5.41) is 5.93. The number of thioether (sulfide) groups is 1. The molecular formula is C11H17ClN2OS. The Morgan fingerprint density at radius 1 is 1.44 bits per heavy atom. The molecule has 1 amide bonds. The second kappa shape index (κ2) is 8.44. The van der Waals surface area contributed by atoms with Crippen LogP contribution in [0.5, 0.6) is 0 Å². The maximum atomic E-state index is 11.3. The van der Waals surface area contributed by atoms with Gasteiger partial charge in [0.25, 0.3) is 0 Å². The molecule has 0 radical (unpaired) electrons. The second-order valence-corrected chi connectivity index (χ2v) is 4.08. The van der Waals surface area contributed by atoms with E-state index in [-0.39, 0.29) is 18.3 Å². The molecule has 90 valence electrons. The van der Waals surface area contributed by atoms with Crippen LogP contribution in [-0.2, 0) is 11.3 Å². The fraction of sp³-hybridized carbons (Fsp3) is 0.364. The molecule has 0 saturated heterocycles. The van der Waals surface area contributed by atoms with Crippen molar-refractivity contribution < 1.29 is 4.79 Å². The van der Waals surface area contributed by atoms with Crippen LogP contribution in [0.15, 0.2) is 24.3 Å². The molecule has 0 bridgehead atoms. The molecule has 0 aromatic heterocycles. The Balaban J connectivity index is 0.00000225. The Kier molecular flexibility index (Phi) is 8.07. The highest BCUT2D eigenvalue weighted by Crippen LogP contribution is 2.10. The molecule has 0 fully saturated rings. The van der Waals surface area contributed by atoms with Crippen molar-refractivity contribution >= 4 is 35.8 Å². The average Bonchev–Trinajstić information content (AvgIpc) is 2.19. The Morgan fingerprint density at radius 3 is 2.81 bits per heavy atom. The minimum Gasteiger partial charge on any atom is -0.325 e. The Labute approximate surface area is 107 Å². The van der Waals surface area contributed by atoms with Crippen molar-refractivity contribution in [1.29, 1.82) is 0 Å². The first-order valence-corrected chi connectivity index (χ1v) is 6.18. The smallest absolute Gasteiger partial charge is 0.234 e. The number of carbonyl (C=O) groups is 1. The predicted molar refractivity (Wildman–Crippen MR) is 73.5 cm³/mol. The van der Waals surface area contributed by atoms with Gasteiger partial charge in [-0.15, -0.1) is 12.4 Å². The highest BCUT2D eigenvalue weighted by atomic mass is 35.5. The van der Waals surface area contributed by atoms with E-state index in [0.29, 0.717) is 5.75 Å². The van der Waals surface area contributed by atoms with E-state index in [1.165, 1.54) is 17.3 Å². The minimum atomic E-state index is 0. The van der Waals surface area contributed by atoms with Crippen molar-refractivity contribution in [2.24, 2.45) is 0 Å². The van der Waals surface area contributed by atoms with Crippen LogP contribution in [0.3, 0.4) is 0 Å². The van der Waals surface area contributed by atoms with Gasteiger partial charge in [0.15, 0.2) is 0 Å². The van der Waals surface area contributed by atoms with Crippen LogP contribution in [0.2, 0.25) is 0 Å². The zero-order chi connectivity index (χ0) is 11.1. The number of carbonyl (C=O) groups excluding carboxylic acids is 1. The predicted octanol–water partition coefficient (Wildman–Crippen LogP) is 2.13. The molecule has 0 unspecified atom stereocenters. The van der Waals surface area contributed by atoms with Crippen LogP contribution in [0.4, 0.5) is 5.69 Å². The van der Waals surface area contributed by atoms with E-state index in [1.807, 2.05) is 37.6 Å². The standard InChI is InChI=1S/C11H16N2OS.ClH/c1-12-7-9-4-3-5-10(6-9)13-11(14)8-15-2;/h3-6,12H,7-8H2,1-2H3,(H,13,14);1H. The maximum Gasteiger partial charge on any atom is 0.234 e. The molecule has 2 N–H and O–H groups in total. The Hall–Kier alpha value is -0.710. The number of anilines is 1. The van der Waals surface area contributed by atoms with Crippen LogP contribution in [0, 0.1) is 0 Å². The summed E-state index contributed by atoms with van der Waals surface area (Å²) in [4.78, 5) is 11.3. The second-order valence-electron chi connectivity index (χ2n) is 3.21. The summed E-state index contributed by atoms with van der Waals surface area (Å²) < 4.78 is 0. The van der Waals surface area contributed by atoms with E-state index in [2.05, 4.69) is 10.6 Å². The summed E-state index contributed by atoms with van der Waals surface area (Å²) in [6, 6.07) is 7.86. The first-order valence-electron chi connectivity index (χ1n) is 4.78. The van der Waals surface area contributed by atoms with Crippen LogP contribution < -0.4 is 10.6 Å². The average molecular weight is 261 g/mol. The molecule has 0 aliphatic rings. The molecule has 3 nitrogen and oxygen atoms in total. The third-order valence-electron chi connectivity index (χ3n) is 1.87. The van der Waals surface area contributed by atoms with Gasteiger partial charge in [-0.2, -0.15) is 11.8 Å². The summed E-state index contributed by atoms with van der Waals surface area (Å²) >= 11 is 1.52. The third-order valence-corrected chi connectivity index (χ3v) is 2.42. The molecule has 5 heteroatoms. The fourth-order valence-electron chi connectivity index (χ4n) is 1.29. The number of hydrogen-bond donors (Lipinski definition) is 2. The highest BCUT2D eigenvalue weighted by Gasteiger charge is 2.01. The zero-order valence-corrected chi connectivity index (χ0v) is 11.1. The lowest BCUT2D eigenvalue weighted by molar-refractivity contribution is -0.113. The van der Waals surface area contributed by atoms with E-state index in [4.69, 9.17) is 0 Å². The first-order chi connectivity index (χ1) is 7.26. The summed E-state index contributed by atoms with van der Waals surface area (Å²) in [6.45, 7) is 0.812. The zero-order valence-electron chi connectivity index (χ0n) is 9.45. The molecule has 1 rings (SSSR count). The normalized spacial score (nSPS) is 9.38. The first kappa shape index (κ1) is 15.3. The van der Waals surface area contributed by atoms with Crippen molar-refractivity contribution in [3.05, 3.63) is 29.8 Å². The van der Waals surface area contributed by atoms with E-state index in [9.17, 15) is 4.79 Å². The van der Waals surface area contributed by atoms with Crippen molar-refractivity contribution in [3.63, 3.8) is 0 Å². The van der Waals surface area contributed by atoms with Gasteiger partial charge < -0.3 is 10.6 Å². The van der Waals surface area contributed by atoms with Gasteiger partial charge in [-0.3, -0.25) is 4.79 Å². The summed E-state index contributed by atoms with van der Waals surface area (Å²) in [7, 11) is 1.90. The van der Waals surface area contributed by atoms with Gasteiger partial charge in [0.1, 0.15) is 0 Å². The van der Waals surface area contributed by atoms with Crippen LogP contribution in [0.1, 0.15) is 5.56 Å². The quantitative estimate of drug-likeness (QED) is 0.852. The number of hydrogen-bond acceptors (Lipinski definition) is 3. The molecule has 16 heavy (non-hydrogen) atoms. The van der Waals surface area contributed by atoms with Crippen molar-refractivity contribution in [2.45, 2.75) is 6.54 Å². The molecule has 1 aromatic rings. The summed E-state index contributed by atoms with van der Waals surface area (Å²) in [5.41, 5.74) is 2.03. The number of rotatable bonds is 5. The van der Waals surface area contributed by atoms with E-state index < -0.39 is 0 Å². The van der Waals surface area contributed by atoms with Gasteiger partial charge in [-0.1, -0.05) is 12.1 Å². The monoisotopic (exact) mass is 260 g/mol. The van der Waals surface area contributed by atoms with Gasteiger partial charge in [0.2, 0.25) is 5.91 Å². The minimum absolute atomic E-state index is 0. The lowest BCUT2D eigenvalue weighted by Gasteiger charge is -2.06.